The highest BCUT2D eigenvalue weighted by molar-refractivity contribution is 6.22. The lowest BCUT2D eigenvalue weighted by Gasteiger charge is -2.22. The summed E-state index contributed by atoms with van der Waals surface area (Å²) < 4.78 is 5.68. The highest BCUT2D eigenvalue weighted by Crippen LogP contribution is 2.41. The summed E-state index contributed by atoms with van der Waals surface area (Å²) in [6.07, 6.45) is 3.58. The van der Waals surface area contributed by atoms with Crippen LogP contribution in [0.4, 0.5) is 5.69 Å². The highest BCUT2D eigenvalue weighted by atomic mass is 16.5. The first kappa shape index (κ1) is 28.2. The Morgan fingerprint density at radius 1 is 0.953 bits per heavy atom. The molecule has 4 atom stereocenters. The number of nitrogens with zero attached hydrogens (tertiary/aromatic N) is 2. The summed E-state index contributed by atoms with van der Waals surface area (Å²) in [7, 11) is 0. The predicted molar refractivity (Wildman–Crippen MR) is 165 cm³/mol. The standard InChI is InChI=1S/C36H32N2O5/c1-20-11-13-25(14-12-20)33(39)23(4)43-36(42)29-19-30(37-32-22(3)8-6-9-27(29)32)24-15-17-26(18-16-24)38-34(40)28-10-5-7-21(2)31(28)35(38)41/h5-9,11-19,21,23,28,31H,10H2,1-4H3. The number of pyridine rings is 1. The first-order valence-electron chi connectivity index (χ1n) is 14.5. The molecule has 1 fully saturated rings. The van der Waals surface area contributed by atoms with Crippen LogP contribution >= 0.6 is 0 Å². The number of benzene rings is 3. The Bertz CT molecular complexity index is 1810. The smallest absolute Gasteiger partial charge is 0.339 e. The molecule has 1 aromatic heterocycles. The minimum atomic E-state index is -0.983. The van der Waals surface area contributed by atoms with E-state index < -0.39 is 12.1 Å². The number of hydrogen-bond donors (Lipinski definition) is 0. The molecule has 4 aromatic rings. The number of anilines is 1. The first-order valence-corrected chi connectivity index (χ1v) is 14.5. The number of allylic oxidation sites excluding steroid dienone is 2. The summed E-state index contributed by atoms with van der Waals surface area (Å²) in [5.41, 5.74) is 5.08. The van der Waals surface area contributed by atoms with Crippen LogP contribution in [0.15, 0.2) is 84.9 Å². The van der Waals surface area contributed by atoms with E-state index in [1.54, 1.807) is 49.4 Å². The van der Waals surface area contributed by atoms with Crippen LogP contribution in [0.3, 0.4) is 0 Å². The molecular weight excluding hydrogens is 540 g/mol. The molecule has 3 aromatic carbocycles. The minimum Gasteiger partial charge on any atom is -0.451 e. The zero-order valence-corrected chi connectivity index (χ0v) is 24.5. The molecule has 43 heavy (non-hydrogen) atoms. The summed E-state index contributed by atoms with van der Waals surface area (Å²) in [5, 5.41) is 0.624. The summed E-state index contributed by atoms with van der Waals surface area (Å²) >= 11 is 0. The van der Waals surface area contributed by atoms with Gasteiger partial charge in [0.2, 0.25) is 17.6 Å². The number of carbonyl (C=O) groups is 4. The molecule has 4 unspecified atom stereocenters. The van der Waals surface area contributed by atoms with Crippen molar-refractivity contribution in [2.45, 2.75) is 40.2 Å². The van der Waals surface area contributed by atoms with Gasteiger partial charge in [-0.1, -0.05) is 79.2 Å². The van der Waals surface area contributed by atoms with Crippen molar-refractivity contribution in [3.05, 3.63) is 107 Å². The van der Waals surface area contributed by atoms with Crippen LogP contribution < -0.4 is 4.90 Å². The molecule has 0 radical (unpaired) electrons. The van der Waals surface area contributed by atoms with E-state index in [4.69, 9.17) is 9.72 Å². The zero-order valence-electron chi connectivity index (χ0n) is 24.5. The van der Waals surface area contributed by atoms with Crippen molar-refractivity contribution in [1.82, 2.24) is 4.98 Å². The van der Waals surface area contributed by atoms with Crippen molar-refractivity contribution in [2.75, 3.05) is 4.90 Å². The molecule has 6 rings (SSSR count). The van der Waals surface area contributed by atoms with E-state index in [9.17, 15) is 19.2 Å². The molecule has 1 saturated heterocycles. The molecule has 0 spiro atoms. The van der Waals surface area contributed by atoms with Crippen LogP contribution in [0.25, 0.3) is 22.2 Å². The van der Waals surface area contributed by atoms with Gasteiger partial charge in [0, 0.05) is 16.5 Å². The fraction of sp³-hybridized carbons (Fsp3) is 0.250. The van der Waals surface area contributed by atoms with E-state index in [1.165, 1.54) is 4.90 Å². The number of aryl methyl sites for hydroxylation is 2. The molecule has 7 nitrogen and oxygen atoms in total. The maximum atomic E-state index is 13.5. The van der Waals surface area contributed by atoms with Gasteiger partial charge in [0.25, 0.3) is 0 Å². The van der Waals surface area contributed by atoms with Crippen LogP contribution in [0.5, 0.6) is 0 Å². The summed E-state index contributed by atoms with van der Waals surface area (Å²) in [4.78, 5) is 59.1. The fourth-order valence-corrected chi connectivity index (χ4v) is 6.12. The van der Waals surface area contributed by atoms with Gasteiger partial charge in [-0.2, -0.15) is 0 Å². The number of esters is 1. The number of hydrogen-bond acceptors (Lipinski definition) is 6. The molecule has 0 bridgehead atoms. The average molecular weight is 573 g/mol. The number of ketones is 1. The lowest BCUT2D eigenvalue weighted by molar-refractivity contribution is -0.122. The highest BCUT2D eigenvalue weighted by Gasteiger charge is 2.50. The fourth-order valence-electron chi connectivity index (χ4n) is 6.12. The van der Waals surface area contributed by atoms with E-state index in [0.29, 0.717) is 45.4 Å². The van der Waals surface area contributed by atoms with Gasteiger partial charge in [-0.15, -0.1) is 0 Å². The van der Waals surface area contributed by atoms with Crippen LogP contribution in [-0.4, -0.2) is 34.7 Å². The number of imide groups is 1. The van der Waals surface area contributed by atoms with E-state index in [2.05, 4.69) is 0 Å². The summed E-state index contributed by atoms with van der Waals surface area (Å²) in [5.74, 6) is -1.90. The van der Waals surface area contributed by atoms with Gasteiger partial charge >= 0.3 is 5.97 Å². The molecule has 1 aliphatic carbocycles. The molecule has 7 heteroatoms. The number of rotatable bonds is 6. The molecule has 2 aliphatic rings. The van der Waals surface area contributed by atoms with Crippen LogP contribution in [-0.2, 0) is 14.3 Å². The summed E-state index contributed by atoms with van der Waals surface area (Å²) in [6, 6.07) is 21.5. The number of ether oxygens (including phenoxy) is 1. The zero-order chi connectivity index (χ0) is 30.4. The third-order valence-corrected chi connectivity index (χ3v) is 8.54. The van der Waals surface area contributed by atoms with E-state index >= 15 is 0 Å². The van der Waals surface area contributed by atoms with E-state index in [-0.39, 0.29) is 35.4 Å². The second-order valence-electron chi connectivity index (χ2n) is 11.5. The van der Waals surface area contributed by atoms with E-state index in [0.717, 1.165) is 11.1 Å². The predicted octanol–water partition coefficient (Wildman–Crippen LogP) is 6.65. The third kappa shape index (κ3) is 5.05. The lowest BCUT2D eigenvalue weighted by Crippen LogP contribution is -2.31. The van der Waals surface area contributed by atoms with Crippen molar-refractivity contribution < 1.29 is 23.9 Å². The number of aromatic nitrogens is 1. The second-order valence-corrected chi connectivity index (χ2v) is 11.5. The van der Waals surface area contributed by atoms with Crippen molar-refractivity contribution in [3.8, 4) is 11.3 Å². The van der Waals surface area contributed by atoms with Gasteiger partial charge in [-0.05, 0) is 56.9 Å². The molecule has 1 aliphatic heterocycles. The number of amides is 2. The van der Waals surface area contributed by atoms with Gasteiger partial charge in [-0.25, -0.2) is 9.78 Å². The van der Waals surface area contributed by atoms with Gasteiger partial charge in [-0.3, -0.25) is 19.3 Å². The molecule has 2 amide bonds. The number of Topliss-reactive ketones (excluding diaryl/α,β-unsaturated/α-hetero) is 1. The molecule has 2 heterocycles. The van der Waals surface area contributed by atoms with Crippen LogP contribution in [0, 0.1) is 31.6 Å². The number of para-hydroxylation sites is 1. The SMILES string of the molecule is Cc1ccc(C(=O)C(C)OC(=O)c2cc(-c3ccc(N4C(=O)C5CC=CC(C)C5C4=O)cc3)nc3c(C)cccc23)cc1. The Labute approximate surface area is 250 Å². The minimum absolute atomic E-state index is 0.0117. The number of fused-ring (bicyclic) bond motifs is 2. The van der Waals surface area contributed by atoms with Crippen LogP contribution in [0.1, 0.15) is 52.1 Å². The first-order chi connectivity index (χ1) is 20.6. The van der Waals surface area contributed by atoms with Gasteiger partial charge < -0.3 is 4.74 Å². The van der Waals surface area contributed by atoms with Crippen molar-refractivity contribution in [2.24, 2.45) is 17.8 Å². The van der Waals surface area contributed by atoms with Gasteiger partial charge in [0.1, 0.15) is 0 Å². The van der Waals surface area contributed by atoms with Crippen LogP contribution in [0.2, 0.25) is 0 Å². The Morgan fingerprint density at radius 3 is 2.37 bits per heavy atom. The Morgan fingerprint density at radius 2 is 1.67 bits per heavy atom. The largest absolute Gasteiger partial charge is 0.451 e. The molecule has 0 N–H and O–H groups in total. The summed E-state index contributed by atoms with van der Waals surface area (Å²) in [6.45, 7) is 7.40. The lowest BCUT2D eigenvalue weighted by atomic mass is 9.78. The van der Waals surface area contributed by atoms with Gasteiger partial charge in [0.15, 0.2) is 6.10 Å². The monoisotopic (exact) mass is 572 g/mol. The van der Waals surface area contributed by atoms with Crippen molar-refractivity contribution >= 4 is 40.2 Å². The average Bonchev–Trinajstić information content (AvgIpc) is 3.27. The Balaban J connectivity index is 1.30. The maximum Gasteiger partial charge on any atom is 0.339 e. The Hall–Kier alpha value is -4.91. The van der Waals surface area contributed by atoms with Crippen molar-refractivity contribution in [3.63, 3.8) is 0 Å². The maximum absolute atomic E-state index is 13.5. The normalized spacial score (nSPS) is 20.3. The number of carbonyl (C=O) groups excluding carboxylic acids is 4. The van der Waals surface area contributed by atoms with E-state index in [1.807, 2.05) is 63.3 Å². The third-order valence-electron chi connectivity index (χ3n) is 8.54. The van der Waals surface area contributed by atoms with Gasteiger partial charge in [0.05, 0.1) is 34.3 Å². The van der Waals surface area contributed by atoms with Crippen molar-refractivity contribution in [1.29, 1.82) is 0 Å². The molecule has 0 saturated carbocycles. The molecular formula is C36H32N2O5. The topological polar surface area (TPSA) is 93.6 Å². The molecule has 216 valence electrons. The Kier molecular flexibility index (Phi) is 7.26. The second kappa shape index (κ2) is 11.1. The quantitative estimate of drug-likeness (QED) is 0.111.